The maximum absolute atomic E-state index is 12.7. The van der Waals surface area contributed by atoms with E-state index in [2.05, 4.69) is 34.6 Å². The zero-order chi connectivity index (χ0) is 21.2. The summed E-state index contributed by atoms with van der Waals surface area (Å²) < 4.78 is 0. The monoisotopic (exact) mass is 428 g/mol. The number of rotatable bonds is 1. The molecule has 1 saturated heterocycles. The lowest BCUT2D eigenvalue weighted by Gasteiger charge is -2.30. The molecule has 0 atom stereocenters. The van der Waals surface area contributed by atoms with Crippen LogP contribution in [0.1, 0.15) is 35.2 Å². The van der Waals surface area contributed by atoms with Crippen LogP contribution in [0.15, 0.2) is 66.6 Å². The highest BCUT2D eigenvalue weighted by molar-refractivity contribution is 6.30. The molecular weight excluding hydrogens is 408 g/mol. The van der Waals surface area contributed by atoms with Gasteiger partial charge in [0.1, 0.15) is 0 Å². The second kappa shape index (κ2) is 8.36. The average molecular weight is 429 g/mol. The molecule has 1 aliphatic heterocycles. The van der Waals surface area contributed by atoms with Gasteiger partial charge < -0.3 is 10.2 Å². The van der Waals surface area contributed by atoms with Crippen LogP contribution in [0.5, 0.6) is 0 Å². The molecule has 1 aromatic carbocycles. The van der Waals surface area contributed by atoms with E-state index in [4.69, 9.17) is 16.6 Å². The quantitative estimate of drug-likeness (QED) is 0.420. The van der Waals surface area contributed by atoms with Crippen LogP contribution in [0.4, 0.5) is 10.5 Å². The summed E-state index contributed by atoms with van der Waals surface area (Å²) in [7, 11) is 0. The van der Waals surface area contributed by atoms with Crippen molar-refractivity contribution < 1.29 is 4.79 Å². The predicted octanol–water partition coefficient (Wildman–Crippen LogP) is 5.74. The first-order valence-electron chi connectivity index (χ1n) is 10.3. The molecule has 0 saturated carbocycles. The number of urea groups is 1. The highest BCUT2D eigenvalue weighted by atomic mass is 35.5. The number of carbonyl (C=O) groups excluding carboxylic acids is 1. The van der Waals surface area contributed by atoms with Crippen molar-refractivity contribution in [2.45, 2.75) is 12.8 Å². The van der Waals surface area contributed by atoms with Gasteiger partial charge in [-0.15, -0.1) is 0 Å². The molecule has 31 heavy (non-hydrogen) atoms. The van der Waals surface area contributed by atoms with E-state index in [0.29, 0.717) is 23.8 Å². The number of nitrogens with one attached hydrogen (secondary N) is 1. The van der Waals surface area contributed by atoms with Crippen molar-refractivity contribution in [2.24, 2.45) is 0 Å². The van der Waals surface area contributed by atoms with Crippen LogP contribution in [0, 0.1) is 0 Å². The number of nitrogens with zero attached hydrogens (tertiary/aromatic N) is 3. The minimum absolute atomic E-state index is 0.0923. The van der Waals surface area contributed by atoms with Crippen LogP contribution < -0.4 is 5.32 Å². The van der Waals surface area contributed by atoms with E-state index in [-0.39, 0.29) is 6.03 Å². The molecule has 0 spiro atoms. The van der Waals surface area contributed by atoms with E-state index in [1.807, 2.05) is 41.4 Å². The predicted molar refractivity (Wildman–Crippen MR) is 125 cm³/mol. The fraction of sp³-hybridized carbons (Fsp3) is 0.160. The number of hydrogen-bond donors (Lipinski definition) is 1. The molecule has 1 aliphatic carbocycles. The summed E-state index contributed by atoms with van der Waals surface area (Å²) in [5.41, 5.74) is 7.50. The van der Waals surface area contributed by atoms with Gasteiger partial charge in [0.2, 0.25) is 0 Å². The molecule has 3 heterocycles. The van der Waals surface area contributed by atoms with Crippen LogP contribution >= 0.6 is 11.6 Å². The summed E-state index contributed by atoms with van der Waals surface area (Å²) in [6.45, 7) is 1.31. The number of piperidine rings is 1. The number of aromatic nitrogens is 2. The Bertz CT molecular complexity index is 1190. The zero-order valence-electron chi connectivity index (χ0n) is 16.9. The van der Waals surface area contributed by atoms with Gasteiger partial charge in [0.15, 0.2) is 0 Å². The van der Waals surface area contributed by atoms with Crippen LogP contribution in [0.2, 0.25) is 5.02 Å². The van der Waals surface area contributed by atoms with Crippen molar-refractivity contribution in [3.8, 4) is 0 Å². The molecule has 1 N–H and O–H groups in total. The molecule has 0 radical (unpaired) electrons. The summed E-state index contributed by atoms with van der Waals surface area (Å²) in [5, 5.41) is 3.64. The molecular formula is C25H21ClN4O. The van der Waals surface area contributed by atoms with E-state index in [1.165, 1.54) is 11.1 Å². The molecule has 154 valence electrons. The lowest BCUT2D eigenvalue weighted by atomic mass is 9.88. The summed E-state index contributed by atoms with van der Waals surface area (Å²) in [6, 6.07) is 13.6. The summed E-state index contributed by atoms with van der Waals surface area (Å²) in [5.74, 6) is 0. The van der Waals surface area contributed by atoms with Gasteiger partial charge in [-0.05, 0) is 54.3 Å². The normalized spacial score (nSPS) is 15.2. The summed E-state index contributed by atoms with van der Waals surface area (Å²) in [6.07, 6.45) is 11.0. The van der Waals surface area contributed by atoms with Gasteiger partial charge in [-0.3, -0.25) is 9.97 Å². The molecule has 0 unspecified atom stereocenters. The number of pyridine rings is 2. The molecule has 2 aliphatic rings. The SMILES string of the molecule is O=C(Nc1cccnc1)N1CCC(=C2c3ccc(Cl)cc3C=Cc3cccnc32)CC1. The van der Waals surface area contributed by atoms with Gasteiger partial charge in [-0.25, -0.2) is 4.79 Å². The Morgan fingerprint density at radius 3 is 2.61 bits per heavy atom. The third-order valence-electron chi connectivity index (χ3n) is 5.72. The van der Waals surface area contributed by atoms with Crippen molar-refractivity contribution >= 4 is 41.0 Å². The third-order valence-corrected chi connectivity index (χ3v) is 5.96. The van der Waals surface area contributed by atoms with Crippen molar-refractivity contribution in [3.05, 3.63) is 94.0 Å². The van der Waals surface area contributed by atoms with E-state index >= 15 is 0 Å². The molecule has 6 heteroatoms. The average Bonchev–Trinajstić information content (AvgIpc) is 2.96. The Balaban J connectivity index is 1.45. The largest absolute Gasteiger partial charge is 0.324 e. The molecule has 1 fully saturated rings. The van der Waals surface area contributed by atoms with Gasteiger partial charge in [0.05, 0.1) is 17.6 Å². The van der Waals surface area contributed by atoms with Gasteiger partial charge in [-0.1, -0.05) is 41.5 Å². The molecule has 5 rings (SSSR count). The summed E-state index contributed by atoms with van der Waals surface area (Å²) >= 11 is 6.27. The first-order valence-corrected chi connectivity index (χ1v) is 10.7. The number of carbonyl (C=O) groups is 1. The Kier molecular flexibility index (Phi) is 5.26. The van der Waals surface area contributed by atoms with Crippen molar-refractivity contribution in [3.63, 3.8) is 0 Å². The fourth-order valence-electron chi connectivity index (χ4n) is 4.19. The first-order chi connectivity index (χ1) is 15.2. The van der Waals surface area contributed by atoms with Crippen molar-refractivity contribution in [1.29, 1.82) is 0 Å². The van der Waals surface area contributed by atoms with Crippen LogP contribution in [0.3, 0.4) is 0 Å². The summed E-state index contributed by atoms with van der Waals surface area (Å²) in [4.78, 5) is 23.3. The molecule has 3 aromatic rings. The topological polar surface area (TPSA) is 58.1 Å². The smallest absolute Gasteiger partial charge is 0.321 e. The fourth-order valence-corrected chi connectivity index (χ4v) is 4.37. The molecule has 5 nitrogen and oxygen atoms in total. The molecule has 2 amide bonds. The number of benzene rings is 1. The maximum Gasteiger partial charge on any atom is 0.321 e. The van der Waals surface area contributed by atoms with Gasteiger partial charge in [-0.2, -0.15) is 0 Å². The van der Waals surface area contributed by atoms with E-state index in [9.17, 15) is 4.79 Å². The number of halogens is 1. The number of hydrogen-bond acceptors (Lipinski definition) is 3. The lowest BCUT2D eigenvalue weighted by molar-refractivity contribution is 0.207. The minimum Gasteiger partial charge on any atom is -0.324 e. The Hall–Kier alpha value is -3.44. The molecule has 2 aromatic heterocycles. The Labute approximate surface area is 186 Å². The van der Waals surface area contributed by atoms with Crippen molar-refractivity contribution in [2.75, 3.05) is 18.4 Å². The van der Waals surface area contributed by atoms with Gasteiger partial charge >= 0.3 is 6.03 Å². The second-order valence-electron chi connectivity index (χ2n) is 7.64. The highest BCUT2D eigenvalue weighted by Gasteiger charge is 2.25. The van der Waals surface area contributed by atoms with E-state index in [1.54, 1.807) is 12.4 Å². The Morgan fingerprint density at radius 2 is 1.81 bits per heavy atom. The highest BCUT2D eigenvalue weighted by Crippen LogP contribution is 2.38. The Morgan fingerprint density at radius 1 is 1.00 bits per heavy atom. The standard InChI is InChI=1S/C25H21ClN4O/c26-20-7-8-22-19(15-20)6-5-18-3-1-12-28-24(18)23(22)17-9-13-30(14-10-17)25(31)29-21-4-2-11-27-16-21/h1-8,11-12,15-16H,9-10,13-14H2,(H,29,31). The van der Waals surface area contributed by atoms with Crippen molar-refractivity contribution in [1.82, 2.24) is 14.9 Å². The van der Waals surface area contributed by atoms with Crippen LogP contribution in [-0.2, 0) is 0 Å². The van der Waals surface area contributed by atoms with Crippen LogP contribution in [0.25, 0.3) is 17.7 Å². The number of amides is 2. The third kappa shape index (κ3) is 3.97. The number of likely N-dealkylation sites (tertiary alicyclic amines) is 1. The van der Waals surface area contributed by atoms with Gasteiger partial charge in [0.25, 0.3) is 0 Å². The zero-order valence-corrected chi connectivity index (χ0v) is 17.6. The first kappa shape index (κ1) is 19.5. The maximum atomic E-state index is 12.7. The van der Waals surface area contributed by atoms with E-state index < -0.39 is 0 Å². The van der Waals surface area contributed by atoms with Gasteiger partial charge in [0, 0.05) is 41.6 Å². The van der Waals surface area contributed by atoms with Crippen LogP contribution in [-0.4, -0.2) is 34.0 Å². The second-order valence-corrected chi connectivity index (χ2v) is 8.08. The minimum atomic E-state index is -0.0923. The lowest BCUT2D eigenvalue weighted by Crippen LogP contribution is -2.39. The number of fused-ring (bicyclic) bond motifs is 2. The number of anilines is 1. The molecule has 0 bridgehead atoms. The van der Waals surface area contributed by atoms with E-state index in [0.717, 1.165) is 35.2 Å².